The Hall–Kier alpha value is -2.53. The van der Waals surface area contributed by atoms with E-state index in [0.29, 0.717) is 13.1 Å². The van der Waals surface area contributed by atoms with E-state index in [9.17, 15) is 4.79 Å². The van der Waals surface area contributed by atoms with Gasteiger partial charge in [-0.25, -0.2) is 0 Å². The maximum atomic E-state index is 12.8. The monoisotopic (exact) mass is 354 g/mol. The number of aryl methyl sites for hydroxylation is 1. The van der Waals surface area contributed by atoms with E-state index in [0.717, 1.165) is 30.0 Å². The Kier molecular flexibility index (Phi) is 6.12. The van der Waals surface area contributed by atoms with Crippen LogP contribution in [0.15, 0.2) is 48.5 Å². The summed E-state index contributed by atoms with van der Waals surface area (Å²) in [7, 11) is 1.66. The second kappa shape index (κ2) is 8.72. The van der Waals surface area contributed by atoms with Gasteiger partial charge >= 0.3 is 0 Å². The van der Waals surface area contributed by atoms with Crippen LogP contribution in [0.5, 0.6) is 11.5 Å². The first-order valence-corrected chi connectivity index (χ1v) is 9.07. The molecule has 1 heterocycles. The SMILES string of the molecule is CCc1ccc(OCC(=O)N2CCNCC2c2ccccc2OC)cc1. The molecule has 0 aromatic heterocycles. The fourth-order valence-corrected chi connectivity index (χ4v) is 3.27. The van der Waals surface area contributed by atoms with Crippen molar-refractivity contribution in [3.63, 3.8) is 0 Å². The number of ether oxygens (including phenoxy) is 2. The van der Waals surface area contributed by atoms with E-state index >= 15 is 0 Å². The minimum atomic E-state index is -0.0570. The number of piperazine rings is 1. The summed E-state index contributed by atoms with van der Waals surface area (Å²) < 4.78 is 11.2. The van der Waals surface area contributed by atoms with Crippen molar-refractivity contribution >= 4 is 5.91 Å². The molecule has 1 atom stereocenters. The van der Waals surface area contributed by atoms with Crippen molar-refractivity contribution < 1.29 is 14.3 Å². The molecule has 1 aliphatic rings. The van der Waals surface area contributed by atoms with Crippen molar-refractivity contribution in [3.05, 3.63) is 59.7 Å². The van der Waals surface area contributed by atoms with E-state index in [2.05, 4.69) is 12.2 Å². The summed E-state index contributed by atoms with van der Waals surface area (Å²) >= 11 is 0. The van der Waals surface area contributed by atoms with Gasteiger partial charge in [0.1, 0.15) is 11.5 Å². The van der Waals surface area contributed by atoms with E-state index < -0.39 is 0 Å². The molecule has 2 aromatic carbocycles. The molecule has 138 valence electrons. The largest absolute Gasteiger partial charge is 0.496 e. The third-order valence-electron chi connectivity index (χ3n) is 4.76. The van der Waals surface area contributed by atoms with Gasteiger partial charge < -0.3 is 19.7 Å². The second-order valence-electron chi connectivity index (χ2n) is 6.34. The quantitative estimate of drug-likeness (QED) is 0.867. The predicted molar refractivity (Wildman–Crippen MR) is 102 cm³/mol. The number of carbonyl (C=O) groups excluding carboxylic acids is 1. The Balaban J connectivity index is 1.69. The molecule has 0 radical (unpaired) electrons. The molecule has 1 saturated heterocycles. The highest BCUT2D eigenvalue weighted by molar-refractivity contribution is 5.78. The van der Waals surface area contributed by atoms with Crippen LogP contribution in [0.1, 0.15) is 24.1 Å². The van der Waals surface area contributed by atoms with Crippen LogP contribution in [0.3, 0.4) is 0 Å². The van der Waals surface area contributed by atoms with Crippen molar-refractivity contribution in [1.29, 1.82) is 0 Å². The first-order valence-electron chi connectivity index (χ1n) is 9.07. The molecule has 1 aliphatic heterocycles. The molecule has 1 unspecified atom stereocenters. The summed E-state index contributed by atoms with van der Waals surface area (Å²) in [6.07, 6.45) is 0.987. The maximum Gasteiger partial charge on any atom is 0.261 e. The van der Waals surface area contributed by atoms with Crippen molar-refractivity contribution in [1.82, 2.24) is 10.2 Å². The molecule has 5 heteroatoms. The van der Waals surface area contributed by atoms with E-state index in [4.69, 9.17) is 9.47 Å². The minimum Gasteiger partial charge on any atom is -0.496 e. The second-order valence-corrected chi connectivity index (χ2v) is 6.34. The Bertz CT molecular complexity index is 730. The minimum absolute atomic E-state index is 0.0121. The number of hydrogen-bond donors (Lipinski definition) is 1. The van der Waals surface area contributed by atoms with E-state index in [-0.39, 0.29) is 18.6 Å². The summed E-state index contributed by atoms with van der Waals surface area (Å²) in [5, 5.41) is 3.37. The number of methoxy groups -OCH3 is 1. The average Bonchev–Trinajstić information content (AvgIpc) is 2.72. The zero-order valence-corrected chi connectivity index (χ0v) is 15.4. The molecule has 2 aromatic rings. The molecule has 0 saturated carbocycles. The van der Waals surface area contributed by atoms with Crippen LogP contribution in [0.4, 0.5) is 0 Å². The molecule has 0 aliphatic carbocycles. The number of nitrogens with one attached hydrogen (secondary N) is 1. The van der Waals surface area contributed by atoms with E-state index in [1.807, 2.05) is 53.4 Å². The first-order chi connectivity index (χ1) is 12.7. The number of carbonyl (C=O) groups is 1. The maximum absolute atomic E-state index is 12.8. The summed E-state index contributed by atoms with van der Waals surface area (Å²) in [5.41, 5.74) is 2.27. The fraction of sp³-hybridized carbons (Fsp3) is 0.381. The van der Waals surface area contributed by atoms with Gasteiger partial charge in [0, 0.05) is 25.2 Å². The molecule has 5 nitrogen and oxygen atoms in total. The van der Waals surface area contributed by atoms with Crippen LogP contribution in [-0.4, -0.2) is 44.2 Å². The molecule has 1 fully saturated rings. The third kappa shape index (κ3) is 4.17. The molecule has 1 N–H and O–H groups in total. The predicted octanol–water partition coefficient (Wildman–Crippen LogP) is 2.81. The zero-order chi connectivity index (χ0) is 18.4. The molecule has 0 spiro atoms. The molecule has 26 heavy (non-hydrogen) atoms. The fourth-order valence-electron chi connectivity index (χ4n) is 3.27. The van der Waals surface area contributed by atoms with Gasteiger partial charge in [0.05, 0.1) is 13.2 Å². The molecule has 3 rings (SSSR count). The summed E-state index contributed by atoms with van der Waals surface area (Å²) in [5.74, 6) is 1.51. The number of nitrogens with zero attached hydrogens (tertiary/aromatic N) is 1. The van der Waals surface area contributed by atoms with Gasteiger partial charge in [0.25, 0.3) is 5.91 Å². The Labute approximate surface area is 154 Å². The number of rotatable bonds is 6. The zero-order valence-electron chi connectivity index (χ0n) is 15.4. The van der Waals surface area contributed by atoms with Crippen LogP contribution in [-0.2, 0) is 11.2 Å². The van der Waals surface area contributed by atoms with Crippen LogP contribution in [0.2, 0.25) is 0 Å². The lowest BCUT2D eigenvalue weighted by molar-refractivity contribution is -0.136. The standard InChI is InChI=1S/C21H26N2O3/c1-3-16-8-10-17(11-9-16)26-15-21(24)23-13-12-22-14-19(23)18-6-4-5-7-20(18)25-2/h4-11,19,22H,3,12-15H2,1-2H3. The number of hydrogen-bond acceptors (Lipinski definition) is 4. The molecule has 1 amide bonds. The molecular weight excluding hydrogens is 328 g/mol. The van der Waals surface area contributed by atoms with Gasteiger partial charge in [-0.1, -0.05) is 37.3 Å². The van der Waals surface area contributed by atoms with Crippen LogP contribution in [0, 0.1) is 0 Å². The van der Waals surface area contributed by atoms with E-state index in [1.54, 1.807) is 7.11 Å². The topological polar surface area (TPSA) is 50.8 Å². The van der Waals surface area contributed by atoms with Gasteiger partial charge in [-0.15, -0.1) is 0 Å². The summed E-state index contributed by atoms with van der Waals surface area (Å²) in [4.78, 5) is 14.7. The first kappa shape index (κ1) is 18.3. The Morgan fingerprint density at radius 3 is 2.69 bits per heavy atom. The lowest BCUT2D eigenvalue weighted by Crippen LogP contribution is -2.50. The summed E-state index contributed by atoms with van der Waals surface area (Å²) in [6.45, 7) is 4.29. The van der Waals surface area contributed by atoms with Gasteiger partial charge in [-0.05, 0) is 30.2 Å². The summed E-state index contributed by atoms with van der Waals surface area (Å²) in [6, 6.07) is 15.7. The van der Waals surface area contributed by atoms with Crippen molar-refractivity contribution in [2.75, 3.05) is 33.4 Å². The van der Waals surface area contributed by atoms with Crippen molar-refractivity contribution in [3.8, 4) is 11.5 Å². The highest BCUT2D eigenvalue weighted by Gasteiger charge is 2.29. The lowest BCUT2D eigenvalue weighted by Gasteiger charge is -2.37. The van der Waals surface area contributed by atoms with Crippen LogP contribution in [0.25, 0.3) is 0 Å². The van der Waals surface area contributed by atoms with Gasteiger partial charge in [0.15, 0.2) is 6.61 Å². The Morgan fingerprint density at radius 1 is 1.19 bits per heavy atom. The van der Waals surface area contributed by atoms with Crippen molar-refractivity contribution in [2.24, 2.45) is 0 Å². The van der Waals surface area contributed by atoms with Gasteiger partial charge in [-0.3, -0.25) is 4.79 Å². The van der Waals surface area contributed by atoms with Gasteiger partial charge in [-0.2, -0.15) is 0 Å². The smallest absolute Gasteiger partial charge is 0.261 e. The Morgan fingerprint density at radius 2 is 1.96 bits per heavy atom. The van der Waals surface area contributed by atoms with Gasteiger partial charge in [0.2, 0.25) is 0 Å². The van der Waals surface area contributed by atoms with E-state index in [1.165, 1.54) is 5.56 Å². The van der Waals surface area contributed by atoms with Crippen LogP contribution < -0.4 is 14.8 Å². The number of benzene rings is 2. The van der Waals surface area contributed by atoms with Crippen molar-refractivity contribution in [2.45, 2.75) is 19.4 Å². The molecular formula is C21H26N2O3. The normalized spacial score (nSPS) is 17.0. The van der Waals surface area contributed by atoms with Crippen LogP contribution >= 0.6 is 0 Å². The highest BCUT2D eigenvalue weighted by Crippen LogP contribution is 2.30. The highest BCUT2D eigenvalue weighted by atomic mass is 16.5. The average molecular weight is 354 g/mol. The third-order valence-corrected chi connectivity index (χ3v) is 4.76. The molecule has 0 bridgehead atoms. The lowest BCUT2D eigenvalue weighted by atomic mass is 10.0. The number of para-hydroxylation sites is 1. The number of amides is 1.